The Hall–Kier alpha value is -1.41. The van der Waals surface area contributed by atoms with Gasteiger partial charge in [-0.05, 0) is 37.0 Å². The topological polar surface area (TPSA) is 38.9 Å². The van der Waals surface area contributed by atoms with Crippen LogP contribution < -0.4 is 5.73 Å². The summed E-state index contributed by atoms with van der Waals surface area (Å²) in [7, 11) is 0. The lowest BCUT2D eigenvalue weighted by atomic mass is 9.94. The van der Waals surface area contributed by atoms with Crippen molar-refractivity contribution in [2.45, 2.75) is 33.2 Å². The summed E-state index contributed by atoms with van der Waals surface area (Å²) in [6.07, 6.45) is 1.01. The molecule has 2 nitrogen and oxygen atoms in total. The van der Waals surface area contributed by atoms with Gasteiger partial charge < -0.3 is 5.73 Å². The molecule has 0 aliphatic heterocycles. The second-order valence-corrected chi connectivity index (χ2v) is 5.11. The number of hydrogen-bond donors (Lipinski definition) is 1. The largest absolute Gasteiger partial charge is 0.324 e. The van der Waals surface area contributed by atoms with Crippen LogP contribution in [0, 0.1) is 12.8 Å². The highest BCUT2D eigenvalue weighted by Gasteiger charge is 2.12. The molecule has 0 aliphatic rings. The van der Waals surface area contributed by atoms with Gasteiger partial charge in [0.25, 0.3) is 0 Å². The molecule has 0 spiro atoms. The molecule has 1 unspecified atom stereocenters. The normalized spacial score (nSPS) is 13.2. The van der Waals surface area contributed by atoms with E-state index < -0.39 is 0 Å². The van der Waals surface area contributed by atoms with Gasteiger partial charge in [0.2, 0.25) is 0 Å². The van der Waals surface area contributed by atoms with Crippen LogP contribution in [-0.4, -0.2) is 4.98 Å². The van der Waals surface area contributed by atoms with Crippen molar-refractivity contribution in [1.29, 1.82) is 0 Å². The summed E-state index contributed by atoms with van der Waals surface area (Å²) in [5.41, 5.74) is 9.61. The van der Waals surface area contributed by atoms with Crippen molar-refractivity contribution in [3.05, 3.63) is 41.6 Å². The monoisotopic (exact) mass is 228 g/mol. The first-order valence-electron chi connectivity index (χ1n) is 6.20. The maximum Gasteiger partial charge on any atom is 0.0708 e. The van der Waals surface area contributed by atoms with E-state index in [-0.39, 0.29) is 6.04 Å². The number of nitrogens with zero attached hydrogens (tertiary/aromatic N) is 1. The maximum absolute atomic E-state index is 6.30. The summed E-state index contributed by atoms with van der Waals surface area (Å²) in [5, 5.41) is 1.19. The van der Waals surface area contributed by atoms with Gasteiger partial charge in [0.05, 0.1) is 5.52 Å². The molecule has 1 aromatic carbocycles. The molecule has 0 radical (unpaired) electrons. The predicted molar refractivity (Wildman–Crippen MR) is 72.9 cm³/mol. The van der Waals surface area contributed by atoms with E-state index in [1.165, 1.54) is 10.9 Å². The molecule has 2 N–H and O–H groups in total. The average molecular weight is 228 g/mol. The molecule has 0 saturated carbocycles. The van der Waals surface area contributed by atoms with Gasteiger partial charge in [0.15, 0.2) is 0 Å². The summed E-state index contributed by atoms with van der Waals surface area (Å²) in [6.45, 7) is 6.43. The summed E-state index contributed by atoms with van der Waals surface area (Å²) in [5.74, 6) is 0.609. The molecule has 90 valence electrons. The Balaban J connectivity index is 2.51. The molecule has 1 heterocycles. The van der Waals surface area contributed by atoms with Crippen molar-refractivity contribution in [2.75, 3.05) is 0 Å². The zero-order valence-corrected chi connectivity index (χ0v) is 10.8. The molecule has 1 atom stereocenters. The van der Waals surface area contributed by atoms with Gasteiger partial charge >= 0.3 is 0 Å². The number of hydrogen-bond acceptors (Lipinski definition) is 2. The van der Waals surface area contributed by atoms with Crippen LogP contribution >= 0.6 is 0 Å². The number of rotatable bonds is 3. The lowest BCUT2D eigenvalue weighted by molar-refractivity contribution is 0.511. The van der Waals surface area contributed by atoms with Gasteiger partial charge in [-0.15, -0.1) is 0 Å². The third-order valence-electron chi connectivity index (χ3n) is 3.00. The lowest BCUT2D eigenvalue weighted by Gasteiger charge is -2.17. The highest BCUT2D eigenvalue weighted by molar-refractivity contribution is 5.82. The van der Waals surface area contributed by atoms with Crippen molar-refractivity contribution in [3.8, 4) is 0 Å². The number of nitrogens with two attached hydrogens (primary N) is 1. The lowest BCUT2D eigenvalue weighted by Crippen LogP contribution is -2.14. The highest BCUT2D eigenvalue weighted by Crippen LogP contribution is 2.26. The number of benzene rings is 1. The van der Waals surface area contributed by atoms with Gasteiger partial charge in [-0.25, -0.2) is 0 Å². The Kier molecular flexibility index (Phi) is 3.43. The van der Waals surface area contributed by atoms with Crippen LogP contribution in [0.1, 0.15) is 37.6 Å². The third-order valence-corrected chi connectivity index (χ3v) is 3.00. The van der Waals surface area contributed by atoms with Crippen LogP contribution in [0.5, 0.6) is 0 Å². The Labute approximate surface area is 103 Å². The fourth-order valence-electron chi connectivity index (χ4n) is 2.28. The van der Waals surface area contributed by atoms with E-state index in [4.69, 9.17) is 5.73 Å². The molecule has 0 aliphatic carbocycles. The minimum Gasteiger partial charge on any atom is -0.324 e. The Morgan fingerprint density at radius 2 is 1.94 bits per heavy atom. The van der Waals surface area contributed by atoms with Gasteiger partial charge in [0.1, 0.15) is 0 Å². The van der Waals surface area contributed by atoms with E-state index in [2.05, 4.69) is 31.0 Å². The number of para-hydroxylation sites is 1. The Morgan fingerprint density at radius 3 is 2.65 bits per heavy atom. The molecule has 0 saturated heterocycles. The Morgan fingerprint density at radius 1 is 1.24 bits per heavy atom. The first kappa shape index (κ1) is 12.1. The van der Waals surface area contributed by atoms with Crippen molar-refractivity contribution < 1.29 is 0 Å². The zero-order chi connectivity index (χ0) is 12.4. The van der Waals surface area contributed by atoms with E-state index in [9.17, 15) is 0 Å². The van der Waals surface area contributed by atoms with Crippen LogP contribution in [0.4, 0.5) is 0 Å². The van der Waals surface area contributed by atoms with Gasteiger partial charge in [-0.3, -0.25) is 4.98 Å². The highest BCUT2D eigenvalue weighted by atomic mass is 14.7. The zero-order valence-electron chi connectivity index (χ0n) is 10.8. The molecule has 0 bridgehead atoms. The maximum atomic E-state index is 6.30. The first-order chi connectivity index (χ1) is 8.08. The summed E-state index contributed by atoms with van der Waals surface area (Å²) < 4.78 is 0. The van der Waals surface area contributed by atoms with Crippen molar-refractivity contribution in [2.24, 2.45) is 11.7 Å². The summed E-state index contributed by atoms with van der Waals surface area (Å²) in [4.78, 5) is 4.54. The van der Waals surface area contributed by atoms with E-state index in [0.717, 1.165) is 17.6 Å². The Bertz CT molecular complexity index is 517. The quantitative estimate of drug-likeness (QED) is 0.872. The van der Waals surface area contributed by atoms with E-state index >= 15 is 0 Å². The smallest absolute Gasteiger partial charge is 0.0708 e. The molecule has 0 fully saturated rings. The van der Waals surface area contributed by atoms with Crippen LogP contribution in [0.15, 0.2) is 30.3 Å². The SMILES string of the molecule is Cc1cc(C(N)CC(C)C)c2ccccc2n1. The molecule has 1 aromatic heterocycles. The van der Waals surface area contributed by atoms with Gasteiger partial charge in [-0.2, -0.15) is 0 Å². The van der Waals surface area contributed by atoms with E-state index in [1.54, 1.807) is 0 Å². The second kappa shape index (κ2) is 4.84. The average Bonchev–Trinajstić information content (AvgIpc) is 2.26. The minimum atomic E-state index is 0.0987. The van der Waals surface area contributed by atoms with Crippen molar-refractivity contribution in [1.82, 2.24) is 4.98 Å². The fraction of sp³-hybridized carbons (Fsp3) is 0.400. The van der Waals surface area contributed by atoms with Crippen molar-refractivity contribution >= 4 is 10.9 Å². The molecular weight excluding hydrogens is 208 g/mol. The van der Waals surface area contributed by atoms with Crippen molar-refractivity contribution in [3.63, 3.8) is 0 Å². The molecule has 0 amide bonds. The number of fused-ring (bicyclic) bond motifs is 1. The molecule has 2 aromatic rings. The number of pyridine rings is 1. The second-order valence-electron chi connectivity index (χ2n) is 5.11. The molecular formula is C15H20N2. The summed E-state index contributed by atoms with van der Waals surface area (Å²) >= 11 is 0. The number of aromatic nitrogens is 1. The van der Waals surface area contributed by atoms with E-state index in [1.807, 2.05) is 25.1 Å². The van der Waals surface area contributed by atoms with Crippen LogP contribution in [0.25, 0.3) is 10.9 Å². The minimum absolute atomic E-state index is 0.0987. The molecule has 17 heavy (non-hydrogen) atoms. The first-order valence-corrected chi connectivity index (χ1v) is 6.20. The fourth-order valence-corrected chi connectivity index (χ4v) is 2.28. The standard InChI is InChI=1S/C15H20N2/c1-10(2)8-14(16)13-9-11(3)17-15-7-5-4-6-12(13)15/h4-7,9-10,14H,8,16H2,1-3H3. The third kappa shape index (κ3) is 2.64. The number of aryl methyl sites for hydroxylation is 1. The van der Waals surface area contributed by atoms with Gasteiger partial charge in [0, 0.05) is 17.1 Å². The molecule has 2 rings (SSSR count). The predicted octanol–water partition coefficient (Wildman–Crippen LogP) is 3.59. The van der Waals surface area contributed by atoms with Crippen LogP contribution in [0.2, 0.25) is 0 Å². The molecule has 2 heteroatoms. The van der Waals surface area contributed by atoms with Gasteiger partial charge in [-0.1, -0.05) is 32.0 Å². The van der Waals surface area contributed by atoms with Crippen LogP contribution in [0.3, 0.4) is 0 Å². The van der Waals surface area contributed by atoms with E-state index in [0.29, 0.717) is 5.92 Å². The van der Waals surface area contributed by atoms with Crippen LogP contribution in [-0.2, 0) is 0 Å². The summed E-state index contributed by atoms with van der Waals surface area (Å²) in [6, 6.07) is 10.4.